The maximum absolute atomic E-state index is 12.4. The van der Waals surface area contributed by atoms with Gasteiger partial charge in [-0.2, -0.15) is 10.5 Å². The van der Waals surface area contributed by atoms with Crippen LogP contribution in [0, 0.1) is 22.7 Å². The van der Waals surface area contributed by atoms with Gasteiger partial charge >= 0.3 is 0 Å². The molecule has 7 heteroatoms. The molecule has 2 N–H and O–H groups in total. The van der Waals surface area contributed by atoms with Gasteiger partial charge in [0.1, 0.15) is 23.1 Å². The Morgan fingerprint density at radius 2 is 1.81 bits per heavy atom. The Bertz CT molecular complexity index is 906. The second kappa shape index (κ2) is 8.76. The van der Waals surface area contributed by atoms with Crippen molar-refractivity contribution in [3.63, 3.8) is 0 Å². The van der Waals surface area contributed by atoms with Crippen LogP contribution in [0.4, 0.5) is 11.4 Å². The van der Waals surface area contributed by atoms with Crippen molar-refractivity contribution in [2.45, 2.75) is 0 Å². The lowest BCUT2D eigenvalue weighted by atomic mass is 10.2. The Balaban J connectivity index is 2.15. The van der Waals surface area contributed by atoms with Crippen LogP contribution in [0.25, 0.3) is 0 Å². The Morgan fingerprint density at radius 1 is 1.08 bits per heavy atom. The first-order chi connectivity index (χ1) is 12.6. The van der Waals surface area contributed by atoms with Gasteiger partial charge < -0.3 is 20.1 Å². The number of nitrogens with one attached hydrogen (secondary N) is 2. The van der Waals surface area contributed by atoms with Gasteiger partial charge in [-0.15, -0.1) is 0 Å². The molecule has 0 fully saturated rings. The largest absolute Gasteiger partial charge is 0.497 e. The fraction of sp³-hybridized carbons (Fsp3) is 0.105. The quantitative estimate of drug-likeness (QED) is 0.614. The second-order valence-electron chi connectivity index (χ2n) is 5.02. The summed E-state index contributed by atoms with van der Waals surface area (Å²) < 4.78 is 10.3. The molecule has 0 unspecified atom stereocenters. The normalized spacial score (nSPS) is 10.2. The Labute approximate surface area is 151 Å². The van der Waals surface area contributed by atoms with Crippen molar-refractivity contribution in [1.29, 1.82) is 10.5 Å². The van der Waals surface area contributed by atoms with E-state index in [-0.39, 0.29) is 5.57 Å². The van der Waals surface area contributed by atoms with Crippen LogP contribution < -0.4 is 20.1 Å². The van der Waals surface area contributed by atoms with E-state index < -0.39 is 5.91 Å². The van der Waals surface area contributed by atoms with E-state index in [9.17, 15) is 10.1 Å². The van der Waals surface area contributed by atoms with E-state index in [1.165, 1.54) is 20.4 Å². The van der Waals surface area contributed by atoms with Crippen LogP contribution in [-0.4, -0.2) is 20.1 Å². The van der Waals surface area contributed by atoms with Gasteiger partial charge in [0.25, 0.3) is 5.91 Å². The van der Waals surface area contributed by atoms with E-state index >= 15 is 0 Å². The summed E-state index contributed by atoms with van der Waals surface area (Å²) in [4.78, 5) is 12.4. The molecule has 0 saturated carbocycles. The molecule has 0 bridgehead atoms. The van der Waals surface area contributed by atoms with Gasteiger partial charge in [-0.25, -0.2) is 0 Å². The minimum atomic E-state index is -0.597. The highest BCUT2D eigenvalue weighted by Gasteiger charge is 2.13. The highest BCUT2D eigenvalue weighted by atomic mass is 16.5. The number of ether oxygens (including phenoxy) is 2. The number of methoxy groups -OCH3 is 2. The van der Waals surface area contributed by atoms with Crippen LogP contribution >= 0.6 is 0 Å². The Morgan fingerprint density at radius 3 is 2.38 bits per heavy atom. The van der Waals surface area contributed by atoms with Crippen LogP contribution in [0.15, 0.2) is 54.2 Å². The van der Waals surface area contributed by atoms with Crippen LogP contribution in [0.3, 0.4) is 0 Å². The molecule has 26 heavy (non-hydrogen) atoms. The van der Waals surface area contributed by atoms with E-state index in [1.54, 1.807) is 42.5 Å². The molecule has 0 saturated heterocycles. The van der Waals surface area contributed by atoms with Crippen molar-refractivity contribution in [2.75, 3.05) is 24.9 Å². The predicted molar refractivity (Wildman–Crippen MR) is 96.7 cm³/mol. The molecule has 0 aliphatic carbocycles. The summed E-state index contributed by atoms with van der Waals surface area (Å²) in [6.45, 7) is 0. The van der Waals surface area contributed by atoms with Crippen molar-refractivity contribution in [2.24, 2.45) is 0 Å². The number of rotatable bonds is 6. The number of carbonyl (C=O) groups excluding carboxylic acids is 1. The highest BCUT2D eigenvalue weighted by molar-refractivity contribution is 6.07. The van der Waals surface area contributed by atoms with Crippen LogP contribution in [0.2, 0.25) is 0 Å². The summed E-state index contributed by atoms with van der Waals surface area (Å²) in [6.07, 6.45) is 1.30. The van der Waals surface area contributed by atoms with Gasteiger partial charge in [0.15, 0.2) is 0 Å². The molecule has 0 spiro atoms. The SMILES string of the molecule is COc1ccc(OC)c(NC(=O)/C(C#N)=C\Nc2ccc(C#N)cc2)c1. The van der Waals surface area contributed by atoms with Crippen molar-refractivity contribution in [3.05, 3.63) is 59.8 Å². The summed E-state index contributed by atoms with van der Waals surface area (Å²) in [5, 5.41) is 23.5. The number of anilines is 2. The Hall–Kier alpha value is -3.97. The molecule has 130 valence electrons. The molecule has 0 aromatic heterocycles. The molecule has 0 aliphatic heterocycles. The fourth-order valence-corrected chi connectivity index (χ4v) is 2.05. The number of hydrogen-bond acceptors (Lipinski definition) is 6. The smallest absolute Gasteiger partial charge is 0.267 e. The molecular formula is C19H16N4O3. The molecule has 0 aliphatic rings. The van der Waals surface area contributed by atoms with E-state index in [2.05, 4.69) is 10.6 Å². The van der Waals surface area contributed by atoms with E-state index in [0.717, 1.165) is 0 Å². The van der Waals surface area contributed by atoms with Gasteiger partial charge in [0.05, 0.1) is 31.5 Å². The number of hydrogen-bond donors (Lipinski definition) is 2. The van der Waals surface area contributed by atoms with Gasteiger partial charge in [-0.1, -0.05) is 0 Å². The third kappa shape index (κ3) is 4.53. The molecule has 7 nitrogen and oxygen atoms in total. The second-order valence-corrected chi connectivity index (χ2v) is 5.02. The number of nitrogens with zero attached hydrogens (tertiary/aromatic N) is 2. The van der Waals surface area contributed by atoms with Gasteiger partial charge in [-0.3, -0.25) is 4.79 Å². The zero-order valence-corrected chi connectivity index (χ0v) is 14.2. The van der Waals surface area contributed by atoms with E-state index in [0.29, 0.717) is 28.4 Å². The highest BCUT2D eigenvalue weighted by Crippen LogP contribution is 2.29. The lowest BCUT2D eigenvalue weighted by Crippen LogP contribution is -2.15. The molecule has 1 amide bonds. The number of amides is 1. The van der Waals surface area contributed by atoms with Crippen molar-refractivity contribution < 1.29 is 14.3 Å². The molecule has 0 radical (unpaired) electrons. The number of nitriles is 2. The average molecular weight is 348 g/mol. The van der Waals surface area contributed by atoms with Crippen molar-refractivity contribution in [3.8, 4) is 23.6 Å². The van der Waals surface area contributed by atoms with Crippen molar-refractivity contribution in [1.82, 2.24) is 0 Å². The van der Waals surface area contributed by atoms with E-state index in [1.807, 2.05) is 12.1 Å². The third-order valence-electron chi connectivity index (χ3n) is 3.42. The van der Waals surface area contributed by atoms with Gasteiger partial charge in [-0.05, 0) is 36.4 Å². The molecule has 0 heterocycles. The van der Waals surface area contributed by atoms with Crippen LogP contribution in [0.5, 0.6) is 11.5 Å². The first kappa shape index (κ1) is 18.4. The summed E-state index contributed by atoms with van der Waals surface area (Å²) in [5.74, 6) is 0.385. The minimum Gasteiger partial charge on any atom is -0.497 e. The molecule has 0 atom stereocenters. The average Bonchev–Trinajstić information content (AvgIpc) is 2.68. The first-order valence-corrected chi connectivity index (χ1v) is 7.51. The minimum absolute atomic E-state index is 0.126. The van der Waals surface area contributed by atoms with Crippen LogP contribution in [-0.2, 0) is 4.79 Å². The summed E-state index contributed by atoms with van der Waals surface area (Å²) in [5.41, 5.74) is 1.42. The zero-order valence-electron chi connectivity index (χ0n) is 14.2. The van der Waals surface area contributed by atoms with Gasteiger partial charge in [0.2, 0.25) is 0 Å². The van der Waals surface area contributed by atoms with Crippen molar-refractivity contribution >= 4 is 17.3 Å². The molecule has 2 aromatic carbocycles. The third-order valence-corrected chi connectivity index (χ3v) is 3.42. The lowest BCUT2D eigenvalue weighted by molar-refractivity contribution is -0.112. The first-order valence-electron chi connectivity index (χ1n) is 7.51. The summed E-state index contributed by atoms with van der Waals surface area (Å²) in [6, 6.07) is 15.4. The predicted octanol–water partition coefficient (Wildman–Crippen LogP) is 3.03. The van der Waals surface area contributed by atoms with Crippen LogP contribution in [0.1, 0.15) is 5.56 Å². The fourth-order valence-electron chi connectivity index (χ4n) is 2.05. The van der Waals surface area contributed by atoms with Gasteiger partial charge in [0, 0.05) is 18.0 Å². The summed E-state index contributed by atoms with van der Waals surface area (Å²) in [7, 11) is 2.99. The summed E-state index contributed by atoms with van der Waals surface area (Å²) >= 11 is 0. The lowest BCUT2D eigenvalue weighted by Gasteiger charge is -2.11. The molecular weight excluding hydrogens is 332 g/mol. The maximum Gasteiger partial charge on any atom is 0.267 e. The zero-order chi connectivity index (χ0) is 18.9. The Kier molecular flexibility index (Phi) is 6.19. The topological polar surface area (TPSA) is 107 Å². The number of benzene rings is 2. The van der Waals surface area contributed by atoms with E-state index in [4.69, 9.17) is 14.7 Å². The monoisotopic (exact) mass is 348 g/mol. The standard InChI is InChI=1S/C19H16N4O3/c1-25-16-7-8-18(26-2)17(9-16)23-19(24)14(11-21)12-22-15-5-3-13(10-20)4-6-15/h3-9,12,22H,1-2H3,(H,23,24)/b14-12-. The maximum atomic E-state index is 12.4. The number of carbonyl (C=O) groups is 1. The molecule has 2 rings (SSSR count). The molecule has 2 aromatic rings.